The smallest absolute Gasteiger partial charge is 0.253 e. The lowest BCUT2D eigenvalue weighted by Crippen LogP contribution is -2.45. The molecule has 0 unspecified atom stereocenters. The average Bonchev–Trinajstić information content (AvgIpc) is 2.74. The Balaban J connectivity index is 1.50. The highest BCUT2D eigenvalue weighted by Crippen LogP contribution is 2.22. The van der Waals surface area contributed by atoms with Crippen LogP contribution < -0.4 is 10.0 Å². The third-order valence-electron chi connectivity index (χ3n) is 5.89. The van der Waals surface area contributed by atoms with Gasteiger partial charge in [-0.05, 0) is 56.9 Å². The maximum absolute atomic E-state index is 12.7. The maximum Gasteiger partial charge on any atom is 0.253 e. The van der Waals surface area contributed by atoms with Crippen molar-refractivity contribution in [1.29, 1.82) is 0 Å². The molecule has 0 radical (unpaired) electrons. The first kappa shape index (κ1) is 21.6. The molecule has 29 heavy (non-hydrogen) atoms. The van der Waals surface area contributed by atoms with Gasteiger partial charge < -0.3 is 10.2 Å². The van der Waals surface area contributed by atoms with Crippen LogP contribution in [0.4, 0.5) is 5.69 Å². The maximum atomic E-state index is 12.7. The van der Waals surface area contributed by atoms with Gasteiger partial charge in [0.1, 0.15) is 0 Å². The highest BCUT2D eigenvalue weighted by Gasteiger charge is 2.29. The number of amides is 2. The minimum Gasteiger partial charge on any atom is -0.353 e. The molecule has 0 aromatic heterocycles. The fraction of sp³-hybridized carbons (Fsp3) is 0.619. The van der Waals surface area contributed by atoms with Crippen LogP contribution in [0.1, 0.15) is 62.2 Å². The number of likely N-dealkylation sites (tertiary alicyclic amines) is 1. The molecular formula is C21H31N3O4S. The van der Waals surface area contributed by atoms with E-state index in [1.165, 1.54) is 19.3 Å². The number of hydrogen-bond acceptors (Lipinski definition) is 4. The molecule has 2 fully saturated rings. The Morgan fingerprint density at radius 1 is 1.00 bits per heavy atom. The summed E-state index contributed by atoms with van der Waals surface area (Å²) in [7, 11) is -3.33. The number of hydrogen-bond donors (Lipinski definition) is 2. The van der Waals surface area contributed by atoms with E-state index >= 15 is 0 Å². The first-order chi connectivity index (χ1) is 13.9. The summed E-state index contributed by atoms with van der Waals surface area (Å²) in [4.78, 5) is 27.0. The molecule has 1 aromatic carbocycles. The second-order valence-electron chi connectivity index (χ2n) is 7.99. The molecule has 2 N–H and O–H groups in total. The van der Waals surface area contributed by atoms with Gasteiger partial charge in [-0.1, -0.05) is 19.3 Å². The summed E-state index contributed by atoms with van der Waals surface area (Å²) < 4.78 is 25.7. The molecule has 7 nitrogen and oxygen atoms in total. The average molecular weight is 422 g/mol. The number of sulfonamides is 1. The van der Waals surface area contributed by atoms with Gasteiger partial charge in [0.15, 0.2) is 0 Å². The zero-order valence-electron chi connectivity index (χ0n) is 17.0. The predicted molar refractivity (Wildman–Crippen MR) is 113 cm³/mol. The van der Waals surface area contributed by atoms with E-state index in [9.17, 15) is 18.0 Å². The first-order valence-electron chi connectivity index (χ1n) is 10.6. The molecule has 0 spiro atoms. The van der Waals surface area contributed by atoms with E-state index in [1.807, 2.05) is 0 Å². The summed E-state index contributed by atoms with van der Waals surface area (Å²) >= 11 is 0. The van der Waals surface area contributed by atoms with E-state index in [1.54, 1.807) is 36.1 Å². The van der Waals surface area contributed by atoms with Gasteiger partial charge in [0.05, 0.1) is 5.75 Å². The summed E-state index contributed by atoms with van der Waals surface area (Å²) in [5.41, 5.74) is 0.969. The lowest BCUT2D eigenvalue weighted by atomic mass is 9.92. The molecule has 1 saturated heterocycles. The van der Waals surface area contributed by atoms with Gasteiger partial charge in [0, 0.05) is 36.3 Å². The molecule has 2 aliphatic rings. The molecule has 1 heterocycles. The number of benzene rings is 1. The number of carbonyl (C=O) groups excluding carboxylic acids is 2. The van der Waals surface area contributed by atoms with Gasteiger partial charge in [-0.25, -0.2) is 8.42 Å². The highest BCUT2D eigenvalue weighted by atomic mass is 32.2. The van der Waals surface area contributed by atoms with Gasteiger partial charge in [-0.2, -0.15) is 0 Å². The second-order valence-corrected chi connectivity index (χ2v) is 10.0. The van der Waals surface area contributed by atoms with Gasteiger partial charge in [0.2, 0.25) is 15.9 Å². The number of piperidine rings is 1. The van der Waals surface area contributed by atoms with E-state index in [4.69, 9.17) is 0 Å². The minimum atomic E-state index is -3.33. The van der Waals surface area contributed by atoms with Crippen molar-refractivity contribution in [2.24, 2.45) is 5.92 Å². The van der Waals surface area contributed by atoms with Crippen molar-refractivity contribution in [3.8, 4) is 0 Å². The predicted octanol–water partition coefficient (Wildman–Crippen LogP) is 2.75. The Morgan fingerprint density at radius 3 is 2.21 bits per heavy atom. The molecule has 1 aliphatic carbocycles. The second kappa shape index (κ2) is 9.61. The number of nitrogens with zero attached hydrogens (tertiary/aromatic N) is 1. The Labute approximate surface area is 173 Å². The van der Waals surface area contributed by atoms with Gasteiger partial charge in [-0.3, -0.25) is 14.3 Å². The number of rotatable bonds is 6. The van der Waals surface area contributed by atoms with E-state index < -0.39 is 10.0 Å². The number of nitrogens with one attached hydrogen (secondary N) is 2. The minimum absolute atomic E-state index is 0.00303. The monoisotopic (exact) mass is 421 g/mol. The quantitative estimate of drug-likeness (QED) is 0.738. The molecule has 160 valence electrons. The van der Waals surface area contributed by atoms with Crippen LogP contribution in [0.5, 0.6) is 0 Å². The van der Waals surface area contributed by atoms with Crippen LogP contribution in [0.3, 0.4) is 0 Å². The Bertz CT molecular complexity index is 809. The fourth-order valence-corrected chi connectivity index (χ4v) is 4.67. The summed E-state index contributed by atoms with van der Waals surface area (Å²) in [6.45, 7) is 2.69. The lowest BCUT2D eigenvalue weighted by molar-refractivity contribution is -0.127. The van der Waals surface area contributed by atoms with E-state index in [0.717, 1.165) is 12.8 Å². The zero-order valence-corrected chi connectivity index (χ0v) is 17.8. The van der Waals surface area contributed by atoms with E-state index in [0.29, 0.717) is 43.2 Å². The topological polar surface area (TPSA) is 95.6 Å². The standard InChI is InChI=1S/C21H31N3O4S/c1-2-29(27,28)23-19-10-8-17(9-11-19)21(26)24-14-12-16(13-15-24)20(25)22-18-6-4-3-5-7-18/h8-11,16,18,23H,2-7,12-15H2,1H3,(H,22,25). The van der Waals surface area contributed by atoms with E-state index in [-0.39, 0.29) is 23.5 Å². The molecule has 3 rings (SSSR count). The molecule has 0 bridgehead atoms. The van der Waals surface area contributed by atoms with Crippen LogP contribution in [0.15, 0.2) is 24.3 Å². The van der Waals surface area contributed by atoms with Crippen molar-refractivity contribution in [1.82, 2.24) is 10.2 Å². The molecule has 1 saturated carbocycles. The fourth-order valence-electron chi connectivity index (χ4n) is 4.03. The Morgan fingerprint density at radius 2 is 1.62 bits per heavy atom. The number of carbonyl (C=O) groups is 2. The van der Waals surface area contributed by atoms with Crippen molar-refractivity contribution < 1.29 is 18.0 Å². The normalized spacial score (nSPS) is 19.0. The summed E-state index contributed by atoms with van der Waals surface area (Å²) in [5.74, 6) is 0.0288. The van der Waals surface area contributed by atoms with Crippen molar-refractivity contribution in [3.05, 3.63) is 29.8 Å². The molecule has 1 aromatic rings. The third kappa shape index (κ3) is 5.95. The molecule has 8 heteroatoms. The Hall–Kier alpha value is -2.09. The molecular weight excluding hydrogens is 390 g/mol. The zero-order chi connectivity index (χ0) is 20.9. The van der Waals surface area contributed by atoms with Gasteiger partial charge >= 0.3 is 0 Å². The first-order valence-corrected chi connectivity index (χ1v) is 12.2. The van der Waals surface area contributed by atoms with Crippen LogP contribution in [-0.4, -0.2) is 50.0 Å². The van der Waals surface area contributed by atoms with Crippen molar-refractivity contribution in [3.63, 3.8) is 0 Å². The van der Waals surface area contributed by atoms with Crippen LogP contribution >= 0.6 is 0 Å². The molecule has 0 atom stereocenters. The van der Waals surface area contributed by atoms with Crippen LogP contribution in [0.25, 0.3) is 0 Å². The molecule has 2 amide bonds. The summed E-state index contributed by atoms with van der Waals surface area (Å²) in [6, 6.07) is 6.80. The lowest BCUT2D eigenvalue weighted by Gasteiger charge is -2.33. The van der Waals surface area contributed by atoms with Gasteiger partial charge in [-0.15, -0.1) is 0 Å². The third-order valence-corrected chi connectivity index (χ3v) is 7.20. The van der Waals surface area contributed by atoms with Gasteiger partial charge in [0.25, 0.3) is 5.91 Å². The SMILES string of the molecule is CCS(=O)(=O)Nc1ccc(C(=O)N2CCC(C(=O)NC3CCCCC3)CC2)cc1. The van der Waals surface area contributed by atoms with Crippen molar-refractivity contribution in [2.45, 2.75) is 57.9 Å². The van der Waals surface area contributed by atoms with Crippen LogP contribution in [-0.2, 0) is 14.8 Å². The highest BCUT2D eigenvalue weighted by molar-refractivity contribution is 7.92. The molecule has 1 aliphatic heterocycles. The van der Waals surface area contributed by atoms with Crippen LogP contribution in [0.2, 0.25) is 0 Å². The largest absolute Gasteiger partial charge is 0.353 e. The van der Waals surface area contributed by atoms with Crippen LogP contribution in [0, 0.1) is 5.92 Å². The summed E-state index contributed by atoms with van der Waals surface area (Å²) in [6.07, 6.45) is 7.16. The Kier molecular flexibility index (Phi) is 7.16. The van der Waals surface area contributed by atoms with Crippen molar-refractivity contribution >= 4 is 27.5 Å². The van der Waals surface area contributed by atoms with Crippen molar-refractivity contribution in [2.75, 3.05) is 23.6 Å². The van der Waals surface area contributed by atoms with E-state index in [2.05, 4.69) is 10.0 Å². The summed E-state index contributed by atoms with van der Waals surface area (Å²) in [5, 5.41) is 3.20. The number of anilines is 1.